The summed E-state index contributed by atoms with van der Waals surface area (Å²) < 4.78 is 0. The van der Waals surface area contributed by atoms with Crippen LogP contribution in [0.15, 0.2) is 24.3 Å². The highest BCUT2D eigenvalue weighted by atomic mass is 16.2. The van der Waals surface area contributed by atoms with Crippen molar-refractivity contribution in [1.29, 1.82) is 0 Å². The van der Waals surface area contributed by atoms with Gasteiger partial charge in [-0.3, -0.25) is 14.4 Å². The number of rotatable bonds is 7. The van der Waals surface area contributed by atoms with Gasteiger partial charge in [0.15, 0.2) is 0 Å². The summed E-state index contributed by atoms with van der Waals surface area (Å²) in [6.07, 6.45) is 2.23. The van der Waals surface area contributed by atoms with Gasteiger partial charge in [0.05, 0.1) is 5.92 Å². The second-order valence-corrected chi connectivity index (χ2v) is 6.72. The number of hydrogen-bond donors (Lipinski definition) is 2. The maximum absolute atomic E-state index is 12.4. The zero-order valence-electron chi connectivity index (χ0n) is 15.2. The third-order valence-corrected chi connectivity index (χ3v) is 4.38. The minimum Gasteiger partial charge on any atom is -0.352 e. The number of anilines is 1. The lowest BCUT2D eigenvalue weighted by Gasteiger charge is -2.20. The van der Waals surface area contributed by atoms with Crippen LogP contribution in [0.1, 0.15) is 50.4 Å². The maximum atomic E-state index is 12.4. The number of unbranched alkanes of at least 4 members (excludes halogenated alkanes) is 1. The SMILES string of the molecule is CCCCNC(=O)c1ccc(NC(=O)C2CC(=O)N(C(C)C)C2)cc1. The molecule has 0 bridgehead atoms. The van der Waals surface area contributed by atoms with Gasteiger partial charge in [0.2, 0.25) is 11.8 Å². The van der Waals surface area contributed by atoms with E-state index in [0.717, 1.165) is 12.8 Å². The van der Waals surface area contributed by atoms with Crippen LogP contribution in [0.4, 0.5) is 5.69 Å². The second-order valence-electron chi connectivity index (χ2n) is 6.72. The molecule has 0 spiro atoms. The molecule has 1 unspecified atom stereocenters. The molecular weight excluding hydrogens is 318 g/mol. The number of nitrogens with zero attached hydrogens (tertiary/aromatic N) is 1. The van der Waals surface area contributed by atoms with E-state index in [2.05, 4.69) is 17.6 Å². The summed E-state index contributed by atoms with van der Waals surface area (Å²) in [5, 5.41) is 5.69. The Hall–Kier alpha value is -2.37. The van der Waals surface area contributed by atoms with Gasteiger partial charge in [0.1, 0.15) is 0 Å². The molecule has 0 radical (unpaired) electrons. The lowest BCUT2D eigenvalue weighted by Crippen LogP contribution is -2.33. The maximum Gasteiger partial charge on any atom is 0.251 e. The first kappa shape index (κ1) is 19.0. The summed E-state index contributed by atoms with van der Waals surface area (Å²) in [7, 11) is 0. The fourth-order valence-electron chi connectivity index (χ4n) is 2.84. The van der Waals surface area contributed by atoms with Crippen LogP contribution in [0.2, 0.25) is 0 Å². The van der Waals surface area contributed by atoms with E-state index >= 15 is 0 Å². The first-order valence-electron chi connectivity index (χ1n) is 8.91. The zero-order valence-corrected chi connectivity index (χ0v) is 15.2. The Morgan fingerprint density at radius 1 is 1.24 bits per heavy atom. The van der Waals surface area contributed by atoms with E-state index in [9.17, 15) is 14.4 Å². The first-order chi connectivity index (χ1) is 11.9. The molecule has 6 heteroatoms. The van der Waals surface area contributed by atoms with Crippen LogP contribution in [0.3, 0.4) is 0 Å². The van der Waals surface area contributed by atoms with Crippen LogP contribution in [0.5, 0.6) is 0 Å². The van der Waals surface area contributed by atoms with E-state index in [1.54, 1.807) is 29.2 Å². The van der Waals surface area contributed by atoms with Gasteiger partial charge in [-0.1, -0.05) is 13.3 Å². The van der Waals surface area contributed by atoms with Crippen LogP contribution in [0, 0.1) is 5.92 Å². The topological polar surface area (TPSA) is 78.5 Å². The first-order valence-corrected chi connectivity index (χ1v) is 8.91. The van der Waals surface area contributed by atoms with Gasteiger partial charge < -0.3 is 15.5 Å². The third kappa shape index (κ3) is 5.05. The van der Waals surface area contributed by atoms with E-state index in [4.69, 9.17) is 0 Å². The van der Waals surface area contributed by atoms with Crippen molar-refractivity contribution in [2.45, 2.75) is 46.1 Å². The molecule has 1 aromatic rings. The molecule has 1 aliphatic heterocycles. The fourth-order valence-corrected chi connectivity index (χ4v) is 2.84. The van der Waals surface area contributed by atoms with Gasteiger partial charge in [0, 0.05) is 36.8 Å². The molecule has 6 nitrogen and oxygen atoms in total. The van der Waals surface area contributed by atoms with Crippen molar-refractivity contribution in [3.8, 4) is 0 Å². The van der Waals surface area contributed by atoms with Crippen molar-refractivity contribution in [2.24, 2.45) is 5.92 Å². The Morgan fingerprint density at radius 3 is 2.48 bits per heavy atom. The summed E-state index contributed by atoms with van der Waals surface area (Å²) in [6, 6.07) is 6.91. The van der Waals surface area contributed by atoms with Crippen molar-refractivity contribution in [1.82, 2.24) is 10.2 Å². The van der Waals surface area contributed by atoms with Gasteiger partial charge in [-0.25, -0.2) is 0 Å². The van der Waals surface area contributed by atoms with E-state index in [-0.39, 0.29) is 36.1 Å². The molecule has 25 heavy (non-hydrogen) atoms. The van der Waals surface area contributed by atoms with Gasteiger partial charge in [0.25, 0.3) is 5.91 Å². The minimum atomic E-state index is -0.327. The summed E-state index contributed by atoms with van der Waals surface area (Å²) >= 11 is 0. The van der Waals surface area contributed by atoms with Gasteiger partial charge in [-0.2, -0.15) is 0 Å². The largest absolute Gasteiger partial charge is 0.352 e. The van der Waals surface area contributed by atoms with E-state index in [1.807, 2.05) is 13.8 Å². The molecule has 0 saturated carbocycles. The molecule has 1 saturated heterocycles. The minimum absolute atomic E-state index is 0.0225. The van der Waals surface area contributed by atoms with Crippen LogP contribution in [0.25, 0.3) is 0 Å². The number of nitrogens with one attached hydrogen (secondary N) is 2. The molecule has 1 aromatic carbocycles. The Kier molecular flexibility index (Phi) is 6.56. The molecule has 1 aliphatic rings. The Morgan fingerprint density at radius 2 is 1.92 bits per heavy atom. The smallest absolute Gasteiger partial charge is 0.251 e. The average Bonchev–Trinajstić information content (AvgIpc) is 2.98. The third-order valence-electron chi connectivity index (χ3n) is 4.38. The van der Waals surface area contributed by atoms with Crippen molar-refractivity contribution < 1.29 is 14.4 Å². The Bertz CT molecular complexity index is 625. The number of likely N-dealkylation sites (tertiary alicyclic amines) is 1. The number of hydrogen-bond acceptors (Lipinski definition) is 3. The van der Waals surface area contributed by atoms with E-state index in [0.29, 0.717) is 24.3 Å². The summed E-state index contributed by atoms with van der Waals surface area (Å²) in [4.78, 5) is 38.0. The molecule has 136 valence electrons. The van der Waals surface area contributed by atoms with Crippen LogP contribution in [-0.4, -0.2) is 41.8 Å². The molecule has 0 aliphatic carbocycles. The van der Waals surface area contributed by atoms with Crippen molar-refractivity contribution in [2.75, 3.05) is 18.4 Å². The summed E-state index contributed by atoms with van der Waals surface area (Å²) in [6.45, 7) is 7.09. The quantitative estimate of drug-likeness (QED) is 0.745. The zero-order chi connectivity index (χ0) is 18.4. The highest BCUT2D eigenvalue weighted by Gasteiger charge is 2.35. The molecule has 2 N–H and O–H groups in total. The average molecular weight is 345 g/mol. The molecule has 0 aromatic heterocycles. The normalized spacial score (nSPS) is 17.0. The second kappa shape index (κ2) is 8.65. The van der Waals surface area contributed by atoms with Gasteiger partial charge >= 0.3 is 0 Å². The Balaban J connectivity index is 1.89. The molecule has 3 amide bonds. The predicted octanol–water partition coefficient (Wildman–Crippen LogP) is 2.41. The molecule has 1 atom stereocenters. The van der Waals surface area contributed by atoms with Crippen LogP contribution < -0.4 is 10.6 Å². The number of benzene rings is 1. The lowest BCUT2D eigenvalue weighted by atomic mass is 10.1. The highest BCUT2D eigenvalue weighted by molar-refractivity contribution is 5.98. The monoisotopic (exact) mass is 345 g/mol. The fraction of sp³-hybridized carbons (Fsp3) is 0.526. The van der Waals surface area contributed by atoms with Crippen molar-refractivity contribution in [3.05, 3.63) is 29.8 Å². The molecule has 1 heterocycles. The van der Waals surface area contributed by atoms with Gasteiger partial charge in [-0.15, -0.1) is 0 Å². The summed E-state index contributed by atoms with van der Waals surface area (Å²) in [5.41, 5.74) is 1.20. The Labute approximate surface area is 149 Å². The predicted molar refractivity (Wildman–Crippen MR) is 97.3 cm³/mol. The van der Waals surface area contributed by atoms with Crippen molar-refractivity contribution >= 4 is 23.4 Å². The molecular formula is C19H27N3O3. The molecule has 2 rings (SSSR count). The number of amides is 3. The van der Waals surface area contributed by atoms with Gasteiger partial charge in [-0.05, 0) is 44.5 Å². The van der Waals surface area contributed by atoms with Crippen LogP contribution >= 0.6 is 0 Å². The number of carbonyl (C=O) groups is 3. The van der Waals surface area contributed by atoms with Crippen molar-refractivity contribution in [3.63, 3.8) is 0 Å². The highest BCUT2D eigenvalue weighted by Crippen LogP contribution is 2.22. The standard InChI is InChI=1S/C19H27N3O3/c1-4-5-10-20-18(24)14-6-8-16(9-7-14)21-19(25)15-11-17(23)22(12-15)13(2)3/h6-9,13,15H,4-5,10-12H2,1-3H3,(H,20,24)(H,21,25). The van der Waals surface area contributed by atoms with Crippen LogP contribution in [-0.2, 0) is 9.59 Å². The number of carbonyl (C=O) groups excluding carboxylic acids is 3. The lowest BCUT2D eigenvalue weighted by molar-refractivity contribution is -0.129. The van der Waals surface area contributed by atoms with E-state index in [1.165, 1.54) is 0 Å². The van der Waals surface area contributed by atoms with E-state index < -0.39 is 0 Å². The summed E-state index contributed by atoms with van der Waals surface area (Å²) in [5.74, 6) is -0.571. The molecule has 1 fully saturated rings.